The van der Waals surface area contributed by atoms with E-state index in [1.165, 1.54) is 0 Å². The predicted octanol–water partition coefficient (Wildman–Crippen LogP) is -2.45. The van der Waals surface area contributed by atoms with Crippen LogP contribution in [-0.4, -0.2) is 26.0 Å². The van der Waals surface area contributed by atoms with Gasteiger partial charge < -0.3 is 9.11 Å². The molecule has 0 aromatic rings. The third-order valence-electron chi connectivity index (χ3n) is 0. The molecule has 0 aromatic carbocycles. The summed E-state index contributed by atoms with van der Waals surface area (Å²) in [6.45, 7) is 0. The van der Waals surface area contributed by atoms with E-state index in [1.54, 1.807) is 0 Å². The molecule has 0 spiro atoms. The van der Waals surface area contributed by atoms with Gasteiger partial charge in [0.05, 0.1) is 0 Å². The molecule has 2 N–H and O–H groups in total. The van der Waals surface area contributed by atoms with Gasteiger partial charge in [-0.05, 0) is 0 Å². The van der Waals surface area contributed by atoms with Crippen LogP contribution < -0.4 is 0 Å². The van der Waals surface area contributed by atoms with E-state index >= 15 is 0 Å². The van der Waals surface area contributed by atoms with Gasteiger partial charge in [0.1, 0.15) is 0 Å². The molecule has 0 saturated heterocycles. The zero-order chi connectivity index (χ0) is 7.21. The SMILES string of the molecule is O=S(=O)([O-])[O-].[OH][Co+2][OH]. The second kappa shape index (κ2) is 5.43. The average Bonchev–Trinajstić information content (AvgIpc) is 1.27. The summed E-state index contributed by atoms with van der Waals surface area (Å²) in [6.07, 6.45) is 0. The normalized spacial score (nSPS) is 9.50. The van der Waals surface area contributed by atoms with Crippen molar-refractivity contribution in [1.29, 1.82) is 0 Å². The molecule has 53 valence electrons. The summed E-state index contributed by atoms with van der Waals surface area (Å²) in [5.74, 6) is 0. The van der Waals surface area contributed by atoms with Crippen molar-refractivity contribution in [2.45, 2.75) is 0 Å². The van der Waals surface area contributed by atoms with Crippen LogP contribution in [0.1, 0.15) is 0 Å². The molecule has 0 aromatic heterocycles. The summed E-state index contributed by atoms with van der Waals surface area (Å²) < 4.78 is 48.3. The molecular formula is H2CoO6S. The van der Waals surface area contributed by atoms with Gasteiger partial charge in [0.2, 0.25) is 0 Å². The fourth-order valence-corrected chi connectivity index (χ4v) is 0. The summed E-state index contributed by atoms with van der Waals surface area (Å²) in [4.78, 5) is 0. The Morgan fingerprint density at radius 2 is 1.25 bits per heavy atom. The molecule has 0 atom stereocenters. The van der Waals surface area contributed by atoms with E-state index in [0.29, 0.717) is 0 Å². The van der Waals surface area contributed by atoms with Crippen molar-refractivity contribution in [2.75, 3.05) is 0 Å². The molecule has 6 nitrogen and oxygen atoms in total. The van der Waals surface area contributed by atoms with E-state index in [9.17, 15) is 0 Å². The predicted molar refractivity (Wildman–Crippen MR) is 14.9 cm³/mol. The number of rotatable bonds is 0. The third-order valence-corrected chi connectivity index (χ3v) is 0. The van der Waals surface area contributed by atoms with Crippen molar-refractivity contribution < 1.29 is 41.3 Å². The van der Waals surface area contributed by atoms with Crippen LogP contribution in [0.25, 0.3) is 0 Å². The van der Waals surface area contributed by atoms with Crippen LogP contribution in [-0.2, 0) is 25.7 Å². The molecule has 0 bridgehead atoms. The summed E-state index contributed by atoms with van der Waals surface area (Å²) in [5, 5.41) is 0. The van der Waals surface area contributed by atoms with E-state index in [1.807, 2.05) is 0 Å². The van der Waals surface area contributed by atoms with Gasteiger partial charge in [0.15, 0.2) is 0 Å². The molecule has 0 radical (unpaired) electrons. The molecule has 0 aliphatic rings. The standard InChI is InChI=1S/Co.H2O4S.2H2O/c;1-5(2,3)4;;/h;(H2,1,2,3,4);2*1H2/q+4;;;/p-4. The molecule has 8 heteroatoms. The van der Waals surface area contributed by atoms with E-state index in [4.69, 9.17) is 26.0 Å². The third kappa shape index (κ3) is 2010. The summed E-state index contributed by atoms with van der Waals surface area (Å²) >= 11 is -0.562. The molecule has 0 rings (SSSR count). The topological polar surface area (TPSA) is 121 Å². The molecule has 0 amide bonds. The quantitative estimate of drug-likeness (QED) is 0.322. The maximum absolute atomic E-state index is 8.52. The molecular weight excluding hydrogens is 187 g/mol. The van der Waals surface area contributed by atoms with Crippen LogP contribution in [0.15, 0.2) is 0 Å². The first-order chi connectivity index (χ1) is 3.41. The van der Waals surface area contributed by atoms with E-state index in [0.717, 1.165) is 0 Å². The molecule has 0 fully saturated rings. The van der Waals surface area contributed by atoms with Crippen molar-refractivity contribution in [3.05, 3.63) is 0 Å². The summed E-state index contributed by atoms with van der Waals surface area (Å²) in [7, 11) is -5.17. The van der Waals surface area contributed by atoms with Gasteiger partial charge in [0, 0.05) is 10.4 Å². The van der Waals surface area contributed by atoms with Gasteiger partial charge in [-0.25, -0.2) is 0 Å². The van der Waals surface area contributed by atoms with Crippen LogP contribution in [0, 0.1) is 0 Å². The van der Waals surface area contributed by atoms with Gasteiger partial charge in [-0.15, -0.1) is 0 Å². The first-order valence-corrected chi connectivity index (χ1v) is 3.23. The van der Waals surface area contributed by atoms with Gasteiger partial charge in [0.25, 0.3) is 0 Å². The van der Waals surface area contributed by atoms with Crippen molar-refractivity contribution in [3.8, 4) is 0 Å². The van der Waals surface area contributed by atoms with Crippen molar-refractivity contribution in [1.82, 2.24) is 0 Å². The van der Waals surface area contributed by atoms with Gasteiger partial charge >= 0.3 is 23.8 Å². The first-order valence-electron chi connectivity index (χ1n) is 0.965. The minimum atomic E-state index is -5.17. The number of hydrogen-bond acceptors (Lipinski definition) is 6. The Labute approximate surface area is 52.3 Å². The van der Waals surface area contributed by atoms with Crippen LogP contribution >= 0.6 is 0 Å². The summed E-state index contributed by atoms with van der Waals surface area (Å²) in [6, 6.07) is 0. The van der Waals surface area contributed by atoms with Crippen molar-refractivity contribution in [3.63, 3.8) is 0 Å². The number of hydrogen-bond donors (Lipinski definition) is 2. The molecule has 0 aliphatic carbocycles. The zero-order valence-electron chi connectivity index (χ0n) is 3.27. The Balaban J connectivity index is 0. The van der Waals surface area contributed by atoms with Crippen molar-refractivity contribution >= 4 is 10.4 Å². The summed E-state index contributed by atoms with van der Waals surface area (Å²) in [5.41, 5.74) is 0. The Hall–Kier alpha value is 0.296. The average molecular weight is 189 g/mol. The monoisotopic (exact) mass is 189 g/mol. The second-order valence-electron chi connectivity index (χ2n) is 0.475. The molecule has 0 saturated carbocycles. The maximum atomic E-state index is 8.52. The molecule has 0 unspecified atom stereocenters. The Morgan fingerprint density at radius 1 is 1.25 bits per heavy atom. The fourth-order valence-electron chi connectivity index (χ4n) is 0. The Morgan fingerprint density at radius 3 is 1.25 bits per heavy atom. The molecule has 0 heterocycles. The van der Waals surface area contributed by atoms with Crippen LogP contribution in [0.4, 0.5) is 0 Å². The van der Waals surface area contributed by atoms with Crippen LogP contribution in [0.5, 0.6) is 0 Å². The van der Waals surface area contributed by atoms with Crippen LogP contribution in [0.3, 0.4) is 0 Å². The van der Waals surface area contributed by atoms with E-state index < -0.39 is 25.7 Å². The van der Waals surface area contributed by atoms with Crippen molar-refractivity contribution in [2.24, 2.45) is 0 Å². The second-order valence-corrected chi connectivity index (χ2v) is 1.50. The van der Waals surface area contributed by atoms with Gasteiger partial charge in [-0.2, -0.15) is 0 Å². The zero-order valence-corrected chi connectivity index (χ0v) is 5.13. The van der Waals surface area contributed by atoms with E-state index in [2.05, 4.69) is 0 Å². The molecule has 8 heavy (non-hydrogen) atoms. The molecule has 0 aliphatic heterocycles. The Kier molecular flexibility index (Phi) is 7.57. The Bertz CT molecular complexity index is 102. The van der Waals surface area contributed by atoms with E-state index in [-0.39, 0.29) is 0 Å². The van der Waals surface area contributed by atoms with Crippen LogP contribution in [0.2, 0.25) is 0 Å². The fraction of sp³-hybridized carbons (Fsp3) is 0. The van der Waals surface area contributed by atoms with Gasteiger partial charge in [-0.3, -0.25) is 8.42 Å². The minimum absolute atomic E-state index is 0.562. The first kappa shape index (κ1) is 11.1. The van der Waals surface area contributed by atoms with Gasteiger partial charge in [-0.1, -0.05) is 0 Å².